The van der Waals surface area contributed by atoms with Crippen LogP contribution in [0.5, 0.6) is 0 Å². The molecule has 7 N–H and O–H groups in total. The summed E-state index contributed by atoms with van der Waals surface area (Å²) >= 11 is 0. The number of amides is 2. The molecule has 0 aliphatic carbocycles. The third-order valence-corrected chi connectivity index (χ3v) is 9.47. The standard InChI is InChI=1S/C38H47FN6O3/c1-45-34(20-28-24-42-32-16-5-4-14-30(28)32)37(47)44-22-26-11-2-3-13-29(26)31-15-8-12-27(36(31)39)23-43-33(17-9-19-41)35(46)21-25(38(45)48)10-6-7-18-40/h2-5,8,11-16,24-25,33-34,42-43H,6-7,9-10,17-23,40-41H2,1H3,(H,44,47)/t25-,33+,34+/m1/s1. The maximum absolute atomic E-state index is 16.1. The fourth-order valence-corrected chi connectivity index (χ4v) is 6.68. The van der Waals surface area contributed by atoms with Crippen LogP contribution in [0.3, 0.4) is 0 Å². The number of H-pyrrole nitrogens is 1. The minimum Gasteiger partial charge on any atom is -0.361 e. The van der Waals surface area contributed by atoms with Crippen molar-refractivity contribution in [3.05, 3.63) is 95.4 Å². The number of para-hydroxylation sites is 1. The highest BCUT2D eigenvalue weighted by Gasteiger charge is 2.34. The number of halogens is 1. The van der Waals surface area contributed by atoms with Crippen LogP contribution in [0.2, 0.25) is 0 Å². The molecular formula is C38H47FN6O3. The first-order valence-corrected chi connectivity index (χ1v) is 16.9. The maximum Gasteiger partial charge on any atom is 0.243 e. The van der Waals surface area contributed by atoms with Gasteiger partial charge in [-0.1, -0.05) is 67.1 Å². The lowest BCUT2D eigenvalue weighted by atomic mass is 9.90. The summed E-state index contributed by atoms with van der Waals surface area (Å²) in [6.07, 6.45) is 5.03. The molecule has 10 heteroatoms. The third-order valence-electron chi connectivity index (χ3n) is 9.47. The number of nitrogens with one attached hydrogen (secondary N) is 3. The van der Waals surface area contributed by atoms with E-state index in [0.717, 1.165) is 22.0 Å². The van der Waals surface area contributed by atoms with Gasteiger partial charge in [0.05, 0.1) is 6.04 Å². The predicted octanol–water partition coefficient (Wildman–Crippen LogP) is 4.58. The Morgan fingerprint density at radius 2 is 1.56 bits per heavy atom. The number of ketones is 1. The number of unbranched alkanes of at least 4 members (excludes halogenated alkanes) is 1. The molecule has 1 aliphatic rings. The minimum absolute atomic E-state index is 0.00856. The van der Waals surface area contributed by atoms with Crippen molar-refractivity contribution in [2.75, 3.05) is 20.1 Å². The summed E-state index contributed by atoms with van der Waals surface area (Å²) in [5, 5.41) is 7.31. The van der Waals surface area contributed by atoms with Crippen LogP contribution in [0.1, 0.15) is 55.2 Å². The summed E-state index contributed by atoms with van der Waals surface area (Å²) in [5.74, 6) is -1.76. The lowest BCUT2D eigenvalue weighted by Crippen LogP contribution is -2.51. The highest BCUT2D eigenvalue weighted by atomic mass is 19.1. The monoisotopic (exact) mass is 654 g/mol. The molecule has 9 nitrogen and oxygen atoms in total. The first kappa shape index (κ1) is 34.9. The van der Waals surface area contributed by atoms with Gasteiger partial charge in [-0.25, -0.2) is 4.39 Å². The Bertz CT molecular complexity index is 1720. The Hall–Kier alpha value is -4.38. The summed E-state index contributed by atoms with van der Waals surface area (Å²) in [6.45, 7) is 1.16. The Kier molecular flexibility index (Phi) is 12.1. The number of fused-ring (bicyclic) bond motifs is 5. The normalized spacial score (nSPS) is 19.6. The van der Waals surface area contributed by atoms with Crippen molar-refractivity contribution in [2.45, 2.75) is 70.1 Å². The molecule has 48 heavy (non-hydrogen) atoms. The molecule has 2 bridgehead atoms. The van der Waals surface area contributed by atoms with Crippen molar-refractivity contribution in [3.8, 4) is 11.1 Å². The number of nitrogens with zero attached hydrogens (tertiary/aromatic N) is 1. The van der Waals surface area contributed by atoms with Crippen LogP contribution in [0.4, 0.5) is 4.39 Å². The first-order chi connectivity index (χ1) is 23.3. The lowest BCUT2D eigenvalue weighted by molar-refractivity contribution is -0.143. The van der Waals surface area contributed by atoms with Crippen molar-refractivity contribution in [1.29, 1.82) is 0 Å². The van der Waals surface area contributed by atoms with Crippen LogP contribution >= 0.6 is 0 Å². The summed E-state index contributed by atoms with van der Waals surface area (Å²) in [7, 11) is 1.65. The zero-order valence-corrected chi connectivity index (χ0v) is 27.6. The third kappa shape index (κ3) is 8.18. The second-order valence-electron chi connectivity index (χ2n) is 12.7. The van der Waals surface area contributed by atoms with Gasteiger partial charge in [0.2, 0.25) is 11.8 Å². The molecule has 2 heterocycles. The molecule has 254 valence electrons. The summed E-state index contributed by atoms with van der Waals surface area (Å²) < 4.78 is 16.1. The summed E-state index contributed by atoms with van der Waals surface area (Å²) in [4.78, 5) is 47.2. The largest absolute Gasteiger partial charge is 0.361 e. The zero-order chi connectivity index (χ0) is 34.0. The quantitative estimate of drug-likeness (QED) is 0.167. The predicted molar refractivity (Wildman–Crippen MR) is 187 cm³/mol. The van der Waals surface area contributed by atoms with Crippen LogP contribution in [-0.2, 0) is 33.9 Å². The molecule has 1 aromatic heterocycles. The zero-order valence-electron chi connectivity index (χ0n) is 27.6. The molecule has 4 aromatic rings. The van der Waals surface area contributed by atoms with Gasteiger partial charge in [0.25, 0.3) is 0 Å². The topological polar surface area (TPSA) is 146 Å². The Balaban J connectivity index is 1.56. The molecule has 0 unspecified atom stereocenters. The van der Waals surface area contributed by atoms with Crippen molar-refractivity contribution >= 4 is 28.5 Å². The van der Waals surface area contributed by atoms with E-state index in [-0.39, 0.29) is 49.3 Å². The molecule has 3 atom stereocenters. The van der Waals surface area contributed by atoms with Gasteiger partial charge in [-0.05, 0) is 61.5 Å². The molecule has 0 saturated carbocycles. The van der Waals surface area contributed by atoms with E-state index in [1.165, 1.54) is 4.90 Å². The number of benzene rings is 3. The molecule has 2 amide bonds. The molecule has 0 fully saturated rings. The van der Waals surface area contributed by atoms with Crippen LogP contribution in [0, 0.1) is 11.7 Å². The SMILES string of the molecule is CN1C(=O)[C@H](CCCCN)CC(=O)[C@H](CCCN)NCc2cccc(c2F)-c2ccccc2CNC(=O)[C@@H]1Cc1c[nH]c2ccccc12. The number of carbonyl (C=O) groups is 3. The van der Waals surface area contributed by atoms with Crippen molar-refractivity contribution in [1.82, 2.24) is 20.5 Å². The second-order valence-corrected chi connectivity index (χ2v) is 12.7. The van der Waals surface area contributed by atoms with Gasteiger partial charge in [-0.15, -0.1) is 0 Å². The van der Waals surface area contributed by atoms with Gasteiger partial charge in [0.1, 0.15) is 11.9 Å². The number of aromatic nitrogens is 1. The van der Waals surface area contributed by atoms with Gasteiger partial charge < -0.3 is 32.0 Å². The van der Waals surface area contributed by atoms with E-state index in [0.29, 0.717) is 61.9 Å². The Labute approximate surface area is 281 Å². The van der Waals surface area contributed by atoms with E-state index in [2.05, 4.69) is 15.6 Å². The molecular weight excluding hydrogens is 607 g/mol. The fraction of sp³-hybridized carbons (Fsp3) is 0.395. The lowest BCUT2D eigenvalue weighted by Gasteiger charge is -2.31. The molecule has 0 radical (unpaired) electrons. The van der Waals surface area contributed by atoms with E-state index in [1.54, 1.807) is 25.2 Å². The molecule has 3 aromatic carbocycles. The minimum atomic E-state index is -0.863. The highest BCUT2D eigenvalue weighted by Crippen LogP contribution is 2.29. The summed E-state index contributed by atoms with van der Waals surface area (Å²) in [6, 6.07) is 19.0. The van der Waals surface area contributed by atoms with Crippen molar-refractivity contribution in [2.24, 2.45) is 17.4 Å². The highest BCUT2D eigenvalue weighted by molar-refractivity contribution is 5.93. The smallest absolute Gasteiger partial charge is 0.243 e. The number of hydrogen-bond acceptors (Lipinski definition) is 6. The van der Waals surface area contributed by atoms with Gasteiger partial charge in [-0.3, -0.25) is 14.4 Å². The van der Waals surface area contributed by atoms with Crippen molar-refractivity contribution in [3.63, 3.8) is 0 Å². The number of carbonyl (C=O) groups excluding carboxylic acids is 3. The molecule has 0 spiro atoms. The van der Waals surface area contributed by atoms with Crippen LogP contribution in [0.15, 0.2) is 72.9 Å². The molecule has 1 aliphatic heterocycles. The van der Waals surface area contributed by atoms with E-state index < -0.39 is 18.0 Å². The number of hydrogen-bond donors (Lipinski definition) is 5. The Morgan fingerprint density at radius 1 is 0.833 bits per heavy atom. The van der Waals surface area contributed by atoms with Crippen LogP contribution < -0.4 is 22.1 Å². The van der Waals surface area contributed by atoms with Gasteiger partial charge in [0, 0.05) is 67.1 Å². The van der Waals surface area contributed by atoms with Gasteiger partial charge in [0.15, 0.2) is 5.78 Å². The molecule has 0 saturated heterocycles. The van der Waals surface area contributed by atoms with Gasteiger partial charge in [-0.2, -0.15) is 0 Å². The van der Waals surface area contributed by atoms with E-state index in [1.807, 2.05) is 54.7 Å². The fourth-order valence-electron chi connectivity index (χ4n) is 6.68. The second kappa shape index (κ2) is 16.6. The molecule has 5 rings (SSSR count). The maximum atomic E-state index is 16.1. The number of rotatable bonds is 9. The van der Waals surface area contributed by atoms with Crippen LogP contribution in [0.25, 0.3) is 22.0 Å². The van der Waals surface area contributed by atoms with E-state index >= 15 is 4.39 Å². The van der Waals surface area contributed by atoms with Gasteiger partial charge >= 0.3 is 0 Å². The first-order valence-electron chi connectivity index (χ1n) is 16.9. The number of aromatic amines is 1. The summed E-state index contributed by atoms with van der Waals surface area (Å²) in [5.41, 5.74) is 15.7. The van der Waals surface area contributed by atoms with E-state index in [4.69, 9.17) is 11.5 Å². The average Bonchev–Trinajstić information content (AvgIpc) is 3.51. The Morgan fingerprint density at radius 3 is 2.38 bits per heavy atom. The van der Waals surface area contributed by atoms with Crippen LogP contribution in [-0.4, -0.2) is 59.7 Å². The average molecular weight is 655 g/mol. The number of nitrogens with two attached hydrogens (primary N) is 2. The van der Waals surface area contributed by atoms with E-state index in [9.17, 15) is 14.4 Å². The van der Waals surface area contributed by atoms with Crippen molar-refractivity contribution < 1.29 is 18.8 Å². The number of Topliss-reactive ketones (excluding diaryl/α,β-unsaturated/α-hetero) is 1. The number of likely N-dealkylation sites (N-methyl/N-ethyl adjacent to an activating group) is 1.